The Labute approximate surface area is 194 Å². The van der Waals surface area contributed by atoms with Crippen molar-refractivity contribution in [2.75, 3.05) is 7.11 Å². The summed E-state index contributed by atoms with van der Waals surface area (Å²) >= 11 is 0. The third-order valence-corrected chi connectivity index (χ3v) is 5.31. The van der Waals surface area contributed by atoms with E-state index in [0.717, 1.165) is 34.1 Å². The number of phenolic OH excluding ortho intramolecular Hbond substituents is 2. The molecule has 0 saturated carbocycles. The first-order chi connectivity index (χ1) is 15.6. The summed E-state index contributed by atoms with van der Waals surface area (Å²) in [6.07, 6.45) is 3.06. The van der Waals surface area contributed by atoms with Gasteiger partial charge in [0, 0.05) is 11.6 Å². The minimum absolute atomic E-state index is 0.0577. The first-order valence-electron chi connectivity index (χ1n) is 10.7. The van der Waals surface area contributed by atoms with E-state index in [2.05, 4.69) is 32.9 Å². The lowest BCUT2D eigenvalue weighted by atomic mass is 9.86. The van der Waals surface area contributed by atoms with Gasteiger partial charge in [0.2, 0.25) is 0 Å². The van der Waals surface area contributed by atoms with Crippen molar-refractivity contribution in [3.8, 4) is 23.0 Å². The Balaban J connectivity index is 1.83. The molecule has 5 nitrogen and oxygen atoms in total. The molecule has 0 spiro atoms. The quantitative estimate of drug-likeness (QED) is 0.334. The van der Waals surface area contributed by atoms with Crippen molar-refractivity contribution < 1.29 is 24.5 Å². The highest BCUT2D eigenvalue weighted by molar-refractivity contribution is 6.08. The summed E-state index contributed by atoms with van der Waals surface area (Å²) in [7, 11) is 1.61. The van der Waals surface area contributed by atoms with Crippen molar-refractivity contribution in [2.24, 2.45) is 0 Å². The molecule has 0 unspecified atom stereocenters. The van der Waals surface area contributed by atoms with E-state index in [1.807, 2.05) is 31.2 Å². The third kappa shape index (κ3) is 5.95. The number of carbonyl (C=O) groups excluding carboxylic acids is 1. The minimum Gasteiger partial charge on any atom is -0.508 e. The molecule has 0 aliphatic rings. The van der Waals surface area contributed by atoms with Gasteiger partial charge in [0.1, 0.15) is 29.6 Å². The molecule has 0 fully saturated rings. The molecular weight excluding hydrogens is 416 g/mol. The summed E-state index contributed by atoms with van der Waals surface area (Å²) in [6, 6.07) is 15.7. The van der Waals surface area contributed by atoms with E-state index in [-0.39, 0.29) is 28.3 Å². The maximum Gasteiger partial charge on any atom is 0.189 e. The van der Waals surface area contributed by atoms with Crippen LogP contribution in [0.1, 0.15) is 53.4 Å². The van der Waals surface area contributed by atoms with E-state index in [1.54, 1.807) is 13.2 Å². The van der Waals surface area contributed by atoms with Crippen LogP contribution in [0.3, 0.4) is 0 Å². The van der Waals surface area contributed by atoms with Crippen LogP contribution in [-0.2, 0) is 12.0 Å². The van der Waals surface area contributed by atoms with Gasteiger partial charge in [0.25, 0.3) is 0 Å². The highest BCUT2D eigenvalue weighted by Crippen LogP contribution is 2.33. The van der Waals surface area contributed by atoms with Gasteiger partial charge in [0.05, 0.1) is 12.7 Å². The molecule has 0 heterocycles. The smallest absolute Gasteiger partial charge is 0.189 e. The van der Waals surface area contributed by atoms with Crippen LogP contribution in [0.5, 0.6) is 23.0 Å². The second-order valence-electron chi connectivity index (χ2n) is 9.01. The van der Waals surface area contributed by atoms with Crippen LogP contribution in [0.4, 0.5) is 0 Å². The first-order valence-corrected chi connectivity index (χ1v) is 10.7. The van der Waals surface area contributed by atoms with Crippen LogP contribution in [0.25, 0.3) is 6.08 Å². The molecular formula is C28H30O5. The van der Waals surface area contributed by atoms with E-state index in [4.69, 9.17) is 9.47 Å². The number of aryl methyl sites for hydroxylation is 1. The molecule has 0 aliphatic heterocycles. The Morgan fingerprint density at radius 1 is 0.970 bits per heavy atom. The fourth-order valence-electron chi connectivity index (χ4n) is 3.53. The summed E-state index contributed by atoms with van der Waals surface area (Å²) in [5, 5.41) is 19.3. The number of hydrogen-bond acceptors (Lipinski definition) is 5. The molecule has 0 aliphatic carbocycles. The largest absolute Gasteiger partial charge is 0.508 e. The molecule has 172 valence electrons. The van der Waals surface area contributed by atoms with Crippen molar-refractivity contribution in [1.29, 1.82) is 0 Å². The van der Waals surface area contributed by atoms with Gasteiger partial charge in [-0.3, -0.25) is 4.79 Å². The van der Waals surface area contributed by atoms with Crippen molar-refractivity contribution in [3.05, 3.63) is 88.5 Å². The van der Waals surface area contributed by atoms with Crippen LogP contribution in [0.2, 0.25) is 0 Å². The highest BCUT2D eigenvalue weighted by atomic mass is 16.5. The number of hydrogen-bond donors (Lipinski definition) is 2. The monoisotopic (exact) mass is 446 g/mol. The Morgan fingerprint density at radius 3 is 2.39 bits per heavy atom. The third-order valence-electron chi connectivity index (χ3n) is 5.31. The molecule has 0 radical (unpaired) electrons. The van der Waals surface area contributed by atoms with E-state index >= 15 is 0 Å². The number of carbonyl (C=O) groups is 1. The lowest BCUT2D eigenvalue weighted by molar-refractivity contribution is 0.104. The normalized spacial score (nSPS) is 11.5. The van der Waals surface area contributed by atoms with Gasteiger partial charge >= 0.3 is 0 Å². The summed E-state index contributed by atoms with van der Waals surface area (Å²) in [6.45, 7) is 8.80. The number of rotatable bonds is 7. The number of ketones is 1. The average molecular weight is 447 g/mol. The number of methoxy groups -OCH3 is 1. The zero-order chi connectivity index (χ0) is 24.2. The number of aromatic hydroxyl groups is 2. The van der Waals surface area contributed by atoms with Gasteiger partial charge in [0.15, 0.2) is 5.78 Å². The van der Waals surface area contributed by atoms with Crippen molar-refractivity contribution >= 4 is 11.9 Å². The van der Waals surface area contributed by atoms with E-state index in [1.165, 1.54) is 18.2 Å². The van der Waals surface area contributed by atoms with Gasteiger partial charge in [-0.1, -0.05) is 45.0 Å². The number of allylic oxidation sites excluding steroid dienone is 1. The fourth-order valence-corrected chi connectivity index (χ4v) is 3.53. The SMILES string of the molecule is COc1ccc(/C=C/C(=O)c2ccc(O)cc2O)cc1COc1cc(C)ccc1C(C)(C)C. The lowest BCUT2D eigenvalue weighted by Gasteiger charge is -2.23. The maximum atomic E-state index is 12.5. The highest BCUT2D eigenvalue weighted by Gasteiger charge is 2.19. The summed E-state index contributed by atoms with van der Waals surface area (Å²) < 4.78 is 11.7. The topological polar surface area (TPSA) is 76.0 Å². The minimum atomic E-state index is -0.365. The van der Waals surface area contributed by atoms with Crippen LogP contribution < -0.4 is 9.47 Å². The second kappa shape index (κ2) is 9.82. The maximum absolute atomic E-state index is 12.5. The Hall–Kier alpha value is -3.73. The molecule has 0 aromatic heterocycles. The van der Waals surface area contributed by atoms with E-state index in [0.29, 0.717) is 12.4 Å². The fraction of sp³-hybridized carbons (Fsp3) is 0.250. The molecule has 3 aromatic carbocycles. The number of phenols is 2. The number of ether oxygens (including phenoxy) is 2. The molecule has 2 N–H and O–H groups in total. The molecule has 3 aromatic rings. The van der Waals surface area contributed by atoms with Gasteiger partial charge in [-0.2, -0.15) is 0 Å². The molecule has 0 saturated heterocycles. The van der Waals surface area contributed by atoms with Crippen LogP contribution in [0, 0.1) is 6.92 Å². The second-order valence-corrected chi connectivity index (χ2v) is 9.01. The Morgan fingerprint density at radius 2 is 1.73 bits per heavy atom. The summed E-state index contributed by atoms with van der Waals surface area (Å²) in [4.78, 5) is 12.5. The van der Waals surface area contributed by atoms with Crippen LogP contribution in [-0.4, -0.2) is 23.1 Å². The van der Waals surface area contributed by atoms with Crippen molar-refractivity contribution in [2.45, 2.75) is 39.7 Å². The molecule has 0 amide bonds. The predicted octanol–water partition coefficient (Wildman–Crippen LogP) is 6.19. The van der Waals surface area contributed by atoms with Crippen molar-refractivity contribution in [3.63, 3.8) is 0 Å². The van der Waals surface area contributed by atoms with E-state index in [9.17, 15) is 15.0 Å². The van der Waals surface area contributed by atoms with Gasteiger partial charge in [-0.15, -0.1) is 0 Å². The molecule has 3 rings (SSSR count). The Kier molecular flexibility index (Phi) is 7.12. The molecule has 0 atom stereocenters. The standard InChI is InChI=1S/C28H30O5/c1-18-6-11-23(28(2,3)4)27(14-18)33-17-20-15-19(8-13-26(20)32-5)7-12-24(30)22-10-9-21(29)16-25(22)31/h6-16,29,31H,17H2,1-5H3/b12-7+. The van der Waals surface area contributed by atoms with Crippen molar-refractivity contribution in [1.82, 2.24) is 0 Å². The zero-order valence-corrected chi connectivity index (χ0v) is 19.7. The molecule has 33 heavy (non-hydrogen) atoms. The predicted molar refractivity (Wildman–Crippen MR) is 130 cm³/mol. The Bertz CT molecular complexity index is 1190. The van der Waals surface area contributed by atoms with E-state index < -0.39 is 0 Å². The first kappa shape index (κ1) is 23.9. The zero-order valence-electron chi connectivity index (χ0n) is 19.7. The van der Waals surface area contributed by atoms with Gasteiger partial charge in [-0.05, 0) is 65.4 Å². The number of benzene rings is 3. The van der Waals surface area contributed by atoms with Crippen LogP contribution >= 0.6 is 0 Å². The van der Waals surface area contributed by atoms with Gasteiger partial charge < -0.3 is 19.7 Å². The van der Waals surface area contributed by atoms with Gasteiger partial charge in [-0.25, -0.2) is 0 Å². The molecule has 0 bridgehead atoms. The summed E-state index contributed by atoms with van der Waals surface area (Å²) in [5.74, 6) is 0.802. The lowest BCUT2D eigenvalue weighted by Crippen LogP contribution is -2.13. The summed E-state index contributed by atoms with van der Waals surface area (Å²) in [5.41, 5.74) is 3.95. The van der Waals surface area contributed by atoms with Crippen LogP contribution in [0.15, 0.2) is 60.7 Å². The average Bonchev–Trinajstić information content (AvgIpc) is 2.75. The molecule has 5 heteroatoms.